The standard InChI is InChI=1S/C11H11N2O3/c1-8(16-2)10(7-12)9-5-3-4-6-11(9)13(14)15/h3-6,14H,1-2H3/q-1. The van der Waals surface area contributed by atoms with E-state index in [4.69, 9.17) is 15.2 Å². The summed E-state index contributed by atoms with van der Waals surface area (Å²) >= 11 is 0. The Morgan fingerprint density at radius 2 is 2.12 bits per heavy atom. The van der Waals surface area contributed by atoms with Crippen molar-refractivity contribution in [2.24, 2.45) is 0 Å². The summed E-state index contributed by atoms with van der Waals surface area (Å²) in [5.41, 5.74) is 0.560. The van der Waals surface area contributed by atoms with Gasteiger partial charge in [0.25, 0.3) is 0 Å². The van der Waals surface area contributed by atoms with E-state index in [9.17, 15) is 5.21 Å². The number of anilines is 1. The number of benzene rings is 1. The van der Waals surface area contributed by atoms with E-state index in [0.29, 0.717) is 11.3 Å². The van der Waals surface area contributed by atoms with Crippen molar-refractivity contribution < 1.29 is 9.94 Å². The van der Waals surface area contributed by atoms with Crippen molar-refractivity contribution in [3.05, 3.63) is 40.8 Å². The molecule has 0 aromatic heterocycles. The van der Waals surface area contributed by atoms with E-state index in [2.05, 4.69) is 0 Å². The Hall–Kier alpha value is -2.03. The molecule has 0 unspecified atom stereocenters. The van der Waals surface area contributed by atoms with E-state index < -0.39 is 0 Å². The monoisotopic (exact) mass is 219 g/mol. The predicted molar refractivity (Wildman–Crippen MR) is 59.3 cm³/mol. The predicted octanol–water partition coefficient (Wildman–Crippen LogP) is 2.28. The third-order valence-electron chi connectivity index (χ3n) is 2.15. The molecule has 1 aromatic rings. The molecule has 0 aliphatic heterocycles. The van der Waals surface area contributed by atoms with Gasteiger partial charge in [0, 0.05) is 5.56 Å². The Kier molecular flexibility index (Phi) is 3.89. The highest BCUT2D eigenvalue weighted by atomic mass is 16.8. The highest BCUT2D eigenvalue weighted by Gasteiger charge is 2.11. The van der Waals surface area contributed by atoms with Gasteiger partial charge in [0.15, 0.2) is 0 Å². The molecule has 0 heterocycles. The van der Waals surface area contributed by atoms with Gasteiger partial charge in [0.1, 0.15) is 11.8 Å². The number of rotatable bonds is 3. The second kappa shape index (κ2) is 5.16. The summed E-state index contributed by atoms with van der Waals surface area (Å²) in [7, 11) is 1.43. The van der Waals surface area contributed by atoms with Gasteiger partial charge in [0.05, 0.1) is 18.4 Å². The molecule has 0 bridgehead atoms. The van der Waals surface area contributed by atoms with Gasteiger partial charge in [-0.05, 0) is 13.0 Å². The molecule has 16 heavy (non-hydrogen) atoms. The summed E-state index contributed by atoms with van der Waals surface area (Å²) in [6.45, 7) is 1.61. The van der Waals surface area contributed by atoms with Crippen molar-refractivity contribution in [3.63, 3.8) is 0 Å². The number of nitrogens with zero attached hydrogens (tertiary/aromatic N) is 2. The van der Waals surface area contributed by atoms with Crippen molar-refractivity contribution >= 4 is 11.3 Å². The molecule has 5 nitrogen and oxygen atoms in total. The van der Waals surface area contributed by atoms with Gasteiger partial charge in [-0.15, -0.1) is 0 Å². The van der Waals surface area contributed by atoms with Gasteiger partial charge in [0.2, 0.25) is 0 Å². The lowest BCUT2D eigenvalue weighted by atomic mass is 10.0. The molecule has 0 atom stereocenters. The summed E-state index contributed by atoms with van der Waals surface area (Å²) in [5.74, 6) is 0.386. The topological polar surface area (TPSA) is 79.5 Å². The second-order valence-electron chi connectivity index (χ2n) is 3.04. The Morgan fingerprint density at radius 1 is 1.50 bits per heavy atom. The van der Waals surface area contributed by atoms with Crippen LogP contribution in [-0.2, 0) is 4.74 Å². The molecule has 0 spiro atoms. The first-order valence-corrected chi connectivity index (χ1v) is 4.52. The lowest BCUT2D eigenvalue weighted by Crippen LogP contribution is -2.09. The molecule has 1 rings (SSSR count). The summed E-state index contributed by atoms with van der Waals surface area (Å²) in [4.78, 5) is 0. The van der Waals surface area contributed by atoms with Crippen molar-refractivity contribution in [1.29, 1.82) is 5.26 Å². The molecule has 0 radical (unpaired) electrons. The highest BCUT2D eigenvalue weighted by Crippen LogP contribution is 2.27. The largest absolute Gasteiger partial charge is 0.733 e. The lowest BCUT2D eigenvalue weighted by Gasteiger charge is -2.24. The van der Waals surface area contributed by atoms with E-state index in [1.807, 2.05) is 6.07 Å². The van der Waals surface area contributed by atoms with Crippen LogP contribution in [0.25, 0.3) is 5.57 Å². The van der Waals surface area contributed by atoms with E-state index >= 15 is 0 Å². The smallest absolute Gasteiger partial charge is 0.111 e. The molecule has 0 fully saturated rings. The molecule has 1 N–H and O–H groups in total. The summed E-state index contributed by atoms with van der Waals surface area (Å²) < 4.78 is 4.95. The zero-order chi connectivity index (χ0) is 12.1. The van der Waals surface area contributed by atoms with E-state index in [1.54, 1.807) is 25.1 Å². The number of hydrogen-bond acceptors (Lipinski definition) is 5. The minimum Gasteiger partial charge on any atom is -0.733 e. The molecule has 0 saturated heterocycles. The van der Waals surface area contributed by atoms with Gasteiger partial charge < -0.3 is 15.2 Å². The van der Waals surface area contributed by atoms with Crippen LogP contribution in [0.2, 0.25) is 0 Å². The van der Waals surface area contributed by atoms with Gasteiger partial charge in [-0.2, -0.15) is 5.26 Å². The summed E-state index contributed by atoms with van der Waals surface area (Å²) in [5, 5.41) is 28.5. The molecule has 0 saturated carbocycles. The van der Waals surface area contributed by atoms with Crippen molar-refractivity contribution in [3.8, 4) is 6.07 Å². The maximum Gasteiger partial charge on any atom is 0.111 e. The van der Waals surface area contributed by atoms with Crippen LogP contribution in [0, 0.1) is 16.5 Å². The molecule has 84 valence electrons. The molecular weight excluding hydrogens is 208 g/mol. The van der Waals surface area contributed by atoms with Crippen molar-refractivity contribution in [2.45, 2.75) is 6.92 Å². The van der Waals surface area contributed by atoms with Crippen LogP contribution in [0.4, 0.5) is 5.69 Å². The molecule has 5 heteroatoms. The Balaban J connectivity index is 3.38. The zero-order valence-corrected chi connectivity index (χ0v) is 8.97. The average Bonchev–Trinajstić information content (AvgIpc) is 2.30. The third-order valence-corrected chi connectivity index (χ3v) is 2.15. The Labute approximate surface area is 93.3 Å². The molecular formula is C11H11N2O3-. The van der Waals surface area contributed by atoms with Crippen LogP contribution in [0.1, 0.15) is 12.5 Å². The molecule has 0 aliphatic rings. The van der Waals surface area contributed by atoms with E-state index in [-0.39, 0.29) is 16.5 Å². The van der Waals surface area contributed by atoms with Crippen LogP contribution in [-0.4, -0.2) is 12.3 Å². The summed E-state index contributed by atoms with van der Waals surface area (Å²) in [6.07, 6.45) is 0. The first-order chi connectivity index (χ1) is 7.61. The quantitative estimate of drug-likeness (QED) is 0.479. The first-order valence-electron chi connectivity index (χ1n) is 4.52. The average molecular weight is 219 g/mol. The van der Waals surface area contributed by atoms with Crippen LogP contribution in [0.3, 0.4) is 0 Å². The van der Waals surface area contributed by atoms with Crippen LogP contribution in [0.15, 0.2) is 30.0 Å². The maximum atomic E-state index is 10.9. The van der Waals surface area contributed by atoms with Crippen LogP contribution in [0.5, 0.6) is 0 Å². The number of ether oxygens (including phenoxy) is 1. The number of allylic oxidation sites excluding steroid dienone is 2. The minimum absolute atomic E-state index is 0.00968. The zero-order valence-electron chi connectivity index (χ0n) is 8.97. The van der Waals surface area contributed by atoms with Gasteiger partial charge in [-0.25, -0.2) is 0 Å². The third kappa shape index (κ3) is 2.31. The highest BCUT2D eigenvalue weighted by molar-refractivity contribution is 5.85. The fourth-order valence-corrected chi connectivity index (χ4v) is 1.28. The van der Waals surface area contributed by atoms with Crippen molar-refractivity contribution in [1.82, 2.24) is 0 Å². The number of para-hydroxylation sites is 1. The minimum atomic E-state index is -0.268. The fourth-order valence-electron chi connectivity index (χ4n) is 1.28. The van der Waals surface area contributed by atoms with Crippen LogP contribution < -0.4 is 5.23 Å². The van der Waals surface area contributed by atoms with Crippen molar-refractivity contribution in [2.75, 3.05) is 12.3 Å². The SMILES string of the molecule is COC(C)=C(C#N)c1ccccc1N([O-])O. The number of nitriles is 1. The van der Waals surface area contributed by atoms with E-state index in [1.165, 1.54) is 13.2 Å². The van der Waals surface area contributed by atoms with Crippen LogP contribution >= 0.6 is 0 Å². The van der Waals surface area contributed by atoms with E-state index in [0.717, 1.165) is 0 Å². The maximum absolute atomic E-state index is 10.9. The Bertz CT molecular complexity index is 447. The van der Waals surface area contributed by atoms with Gasteiger partial charge in [-0.1, -0.05) is 18.2 Å². The Morgan fingerprint density at radius 3 is 2.62 bits per heavy atom. The lowest BCUT2D eigenvalue weighted by molar-refractivity contribution is 0.294. The molecule has 1 aromatic carbocycles. The number of hydrogen-bond donors (Lipinski definition) is 1. The molecule has 0 amide bonds. The number of methoxy groups -OCH3 is 1. The van der Waals surface area contributed by atoms with Gasteiger partial charge in [-0.3, -0.25) is 5.21 Å². The summed E-state index contributed by atoms with van der Waals surface area (Å²) in [6, 6.07) is 8.19. The second-order valence-corrected chi connectivity index (χ2v) is 3.04. The fraction of sp³-hybridized carbons (Fsp3) is 0.182. The normalized spacial score (nSPS) is 11.4. The first kappa shape index (κ1) is 12.0. The van der Waals surface area contributed by atoms with Gasteiger partial charge >= 0.3 is 0 Å². The molecule has 0 aliphatic carbocycles.